The highest BCUT2D eigenvalue weighted by atomic mass is 32.2. The van der Waals surface area contributed by atoms with Crippen LogP contribution in [0.3, 0.4) is 0 Å². The zero-order valence-electron chi connectivity index (χ0n) is 13.0. The smallest absolute Gasteiger partial charge is 0.246 e. The van der Waals surface area contributed by atoms with Crippen LogP contribution in [0.2, 0.25) is 0 Å². The molecule has 0 aromatic carbocycles. The summed E-state index contributed by atoms with van der Waals surface area (Å²) in [4.78, 5) is 4.26. The van der Waals surface area contributed by atoms with E-state index in [1.807, 2.05) is 6.92 Å². The number of anilines is 1. The van der Waals surface area contributed by atoms with Gasteiger partial charge in [-0.15, -0.1) is 0 Å². The van der Waals surface area contributed by atoms with Crippen LogP contribution in [0, 0.1) is 5.92 Å². The van der Waals surface area contributed by atoms with Gasteiger partial charge in [-0.3, -0.25) is 4.98 Å². The molecule has 0 spiro atoms. The van der Waals surface area contributed by atoms with Crippen molar-refractivity contribution >= 4 is 15.7 Å². The number of hydrogen-bond acceptors (Lipinski definition) is 4. The van der Waals surface area contributed by atoms with Gasteiger partial charge in [0, 0.05) is 32.0 Å². The highest BCUT2D eigenvalue weighted by molar-refractivity contribution is 7.89. The maximum absolute atomic E-state index is 12.9. The van der Waals surface area contributed by atoms with Gasteiger partial charge in [-0.25, -0.2) is 8.42 Å². The standard InChI is InChI=1S/C15H25N3O2S/c1-4-17-14-8-9-16-11-15(14)21(19,20)18(3)13-7-5-6-12(2)10-13/h8-9,11-13H,4-7,10H2,1-3H3,(H,16,17). The van der Waals surface area contributed by atoms with E-state index in [0.717, 1.165) is 19.3 Å². The van der Waals surface area contributed by atoms with Crippen LogP contribution >= 0.6 is 0 Å². The number of nitrogens with one attached hydrogen (secondary N) is 1. The van der Waals surface area contributed by atoms with Gasteiger partial charge in [0.15, 0.2) is 0 Å². The molecule has 6 heteroatoms. The molecular weight excluding hydrogens is 286 g/mol. The van der Waals surface area contributed by atoms with Gasteiger partial charge in [0.05, 0.1) is 5.69 Å². The van der Waals surface area contributed by atoms with Crippen molar-refractivity contribution in [2.24, 2.45) is 5.92 Å². The van der Waals surface area contributed by atoms with Crippen LogP contribution in [0.5, 0.6) is 0 Å². The second-order valence-electron chi connectivity index (χ2n) is 5.85. The third kappa shape index (κ3) is 3.55. The number of nitrogens with zero attached hydrogens (tertiary/aromatic N) is 2. The van der Waals surface area contributed by atoms with E-state index < -0.39 is 10.0 Å². The summed E-state index contributed by atoms with van der Waals surface area (Å²) in [6.45, 7) is 4.82. The minimum Gasteiger partial charge on any atom is -0.384 e. The van der Waals surface area contributed by atoms with Crippen LogP contribution in [0.1, 0.15) is 39.5 Å². The van der Waals surface area contributed by atoms with E-state index in [1.54, 1.807) is 23.6 Å². The molecule has 0 aliphatic heterocycles. The third-order valence-corrected chi connectivity index (χ3v) is 6.17. The first-order valence-electron chi connectivity index (χ1n) is 7.62. The summed E-state index contributed by atoms with van der Waals surface area (Å²) in [5, 5.41) is 3.10. The summed E-state index contributed by atoms with van der Waals surface area (Å²) in [6, 6.07) is 1.81. The van der Waals surface area contributed by atoms with E-state index in [9.17, 15) is 8.42 Å². The molecule has 0 amide bonds. The van der Waals surface area contributed by atoms with Crippen molar-refractivity contribution in [3.8, 4) is 0 Å². The van der Waals surface area contributed by atoms with Crippen molar-refractivity contribution in [1.82, 2.24) is 9.29 Å². The molecule has 118 valence electrons. The second-order valence-corrected chi connectivity index (χ2v) is 7.81. The minimum absolute atomic E-state index is 0.0911. The van der Waals surface area contributed by atoms with Crippen LogP contribution in [-0.4, -0.2) is 37.3 Å². The molecule has 1 N–H and O–H groups in total. The highest BCUT2D eigenvalue weighted by Crippen LogP contribution is 2.31. The number of pyridine rings is 1. The Hall–Kier alpha value is -1.14. The Balaban J connectivity index is 2.28. The van der Waals surface area contributed by atoms with Gasteiger partial charge in [0.2, 0.25) is 10.0 Å². The van der Waals surface area contributed by atoms with Gasteiger partial charge in [-0.1, -0.05) is 19.8 Å². The molecule has 2 unspecified atom stereocenters. The Bertz CT molecular complexity index is 574. The van der Waals surface area contributed by atoms with Crippen molar-refractivity contribution in [1.29, 1.82) is 0 Å². The molecule has 1 fully saturated rings. The molecule has 21 heavy (non-hydrogen) atoms. The number of sulfonamides is 1. The minimum atomic E-state index is -3.51. The summed E-state index contributed by atoms with van der Waals surface area (Å²) in [6.07, 6.45) is 7.22. The first kappa shape index (κ1) is 16.2. The normalized spacial score (nSPS) is 23.2. The summed E-state index contributed by atoms with van der Waals surface area (Å²) in [5.74, 6) is 0.587. The lowest BCUT2D eigenvalue weighted by atomic mass is 9.87. The molecule has 1 aromatic rings. The Morgan fingerprint density at radius 2 is 2.19 bits per heavy atom. The van der Waals surface area contributed by atoms with E-state index in [0.29, 0.717) is 18.2 Å². The summed E-state index contributed by atoms with van der Waals surface area (Å²) >= 11 is 0. The molecule has 0 bridgehead atoms. The van der Waals surface area contributed by atoms with Gasteiger partial charge in [0.25, 0.3) is 0 Å². The predicted molar refractivity (Wildman–Crippen MR) is 84.8 cm³/mol. The third-order valence-electron chi connectivity index (χ3n) is 4.23. The van der Waals surface area contributed by atoms with Gasteiger partial charge in [-0.2, -0.15) is 4.31 Å². The van der Waals surface area contributed by atoms with E-state index in [4.69, 9.17) is 0 Å². The van der Waals surface area contributed by atoms with Crippen LogP contribution < -0.4 is 5.32 Å². The summed E-state index contributed by atoms with van der Waals surface area (Å²) < 4.78 is 27.3. The average molecular weight is 311 g/mol. The maximum atomic E-state index is 12.9. The topological polar surface area (TPSA) is 62.3 Å². The highest BCUT2D eigenvalue weighted by Gasteiger charge is 2.32. The van der Waals surface area contributed by atoms with Crippen molar-refractivity contribution in [3.05, 3.63) is 18.5 Å². The van der Waals surface area contributed by atoms with Crippen molar-refractivity contribution in [2.45, 2.75) is 50.5 Å². The van der Waals surface area contributed by atoms with Crippen molar-refractivity contribution in [2.75, 3.05) is 18.9 Å². The first-order valence-corrected chi connectivity index (χ1v) is 9.06. The number of rotatable bonds is 5. The first-order chi connectivity index (χ1) is 9.96. The van der Waals surface area contributed by atoms with E-state index in [1.165, 1.54) is 12.6 Å². The predicted octanol–water partition coefficient (Wildman–Crippen LogP) is 2.71. The fourth-order valence-electron chi connectivity index (χ4n) is 3.01. The monoisotopic (exact) mass is 311 g/mol. The molecule has 0 saturated heterocycles. The molecular formula is C15H25N3O2S. The Morgan fingerprint density at radius 1 is 1.43 bits per heavy atom. The lowest BCUT2D eigenvalue weighted by Gasteiger charge is -2.33. The quantitative estimate of drug-likeness (QED) is 0.908. The zero-order valence-corrected chi connectivity index (χ0v) is 13.9. The van der Waals surface area contributed by atoms with E-state index >= 15 is 0 Å². The van der Waals surface area contributed by atoms with Crippen LogP contribution in [-0.2, 0) is 10.0 Å². The zero-order chi connectivity index (χ0) is 15.5. The Kier molecular flexibility index (Phi) is 5.22. The second kappa shape index (κ2) is 6.75. The molecule has 1 aromatic heterocycles. The van der Waals surface area contributed by atoms with Crippen LogP contribution in [0.4, 0.5) is 5.69 Å². The van der Waals surface area contributed by atoms with E-state index in [2.05, 4.69) is 17.2 Å². The Morgan fingerprint density at radius 3 is 2.86 bits per heavy atom. The van der Waals surface area contributed by atoms with Gasteiger partial charge < -0.3 is 5.32 Å². The molecule has 0 radical (unpaired) electrons. The van der Waals surface area contributed by atoms with E-state index in [-0.39, 0.29) is 10.9 Å². The van der Waals surface area contributed by atoms with Crippen molar-refractivity contribution < 1.29 is 8.42 Å². The SMILES string of the molecule is CCNc1ccncc1S(=O)(=O)N(C)C1CCCC(C)C1. The maximum Gasteiger partial charge on any atom is 0.246 e. The molecule has 1 heterocycles. The fourth-order valence-corrected chi connectivity index (χ4v) is 4.51. The van der Waals surface area contributed by atoms with Gasteiger partial charge >= 0.3 is 0 Å². The van der Waals surface area contributed by atoms with Crippen molar-refractivity contribution in [3.63, 3.8) is 0 Å². The summed E-state index contributed by atoms with van der Waals surface area (Å²) in [7, 11) is -1.81. The lowest BCUT2D eigenvalue weighted by Crippen LogP contribution is -2.40. The number of aromatic nitrogens is 1. The number of hydrogen-bond donors (Lipinski definition) is 1. The Labute approximate surface area is 127 Å². The lowest BCUT2D eigenvalue weighted by molar-refractivity contribution is 0.239. The molecule has 2 atom stereocenters. The molecule has 5 nitrogen and oxygen atoms in total. The van der Waals surface area contributed by atoms with Crippen LogP contribution in [0.15, 0.2) is 23.4 Å². The van der Waals surface area contributed by atoms with Gasteiger partial charge in [0.1, 0.15) is 4.90 Å². The largest absolute Gasteiger partial charge is 0.384 e. The molecule has 1 aliphatic rings. The van der Waals surface area contributed by atoms with Crippen LogP contribution in [0.25, 0.3) is 0 Å². The van der Waals surface area contributed by atoms with Gasteiger partial charge in [-0.05, 0) is 31.7 Å². The average Bonchev–Trinajstić information content (AvgIpc) is 2.47. The fraction of sp³-hybridized carbons (Fsp3) is 0.667. The summed E-state index contributed by atoms with van der Waals surface area (Å²) in [5.41, 5.74) is 0.628. The molecule has 1 aliphatic carbocycles. The molecule has 1 saturated carbocycles. The molecule has 2 rings (SSSR count).